The summed E-state index contributed by atoms with van der Waals surface area (Å²) >= 11 is 0. The van der Waals surface area contributed by atoms with Crippen molar-refractivity contribution in [2.75, 3.05) is 30.8 Å². The molecular formula is C12H18N2O2. The third-order valence-electron chi connectivity index (χ3n) is 3.01. The molecule has 1 heterocycles. The SMILES string of the molecule is COc1cc(N)ccc1N1CCC(O)CC1. The molecule has 0 bridgehead atoms. The molecule has 0 saturated carbocycles. The Balaban J connectivity index is 2.19. The van der Waals surface area contributed by atoms with Crippen molar-refractivity contribution in [1.29, 1.82) is 0 Å². The maximum absolute atomic E-state index is 9.47. The number of rotatable bonds is 2. The van der Waals surface area contributed by atoms with Crippen molar-refractivity contribution in [3.05, 3.63) is 18.2 Å². The second-order valence-corrected chi connectivity index (χ2v) is 4.15. The smallest absolute Gasteiger partial charge is 0.144 e. The van der Waals surface area contributed by atoms with Crippen LogP contribution in [-0.4, -0.2) is 31.4 Å². The number of aliphatic hydroxyl groups is 1. The highest BCUT2D eigenvalue weighted by molar-refractivity contribution is 5.64. The first-order valence-electron chi connectivity index (χ1n) is 5.57. The van der Waals surface area contributed by atoms with Gasteiger partial charge in [0.1, 0.15) is 5.75 Å². The third-order valence-corrected chi connectivity index (χ3v) is 3.01. The second-order valence-electron chi connectivity index (χ2n) is 4.15. The van der Waals surface area contributed by atoms with E-state index in [4.69, 9.17) is 10.5 Å². The first-order valence-corrected chi connectivity index (χ1v) is 5.57. The Morgan fingerprint density at radius 1 is 1.38 bits per heavy atom. The van der Waals surface area contributed by atoms with E-state index >= 15 is 0 Å². The van der Waals surface area contributed by atoms with E-state index in [1.165, 1.54) is 0 Å². The normalized spacial score (nSPS) is 17.5. The molecule has 0 aromatic heterocycles. The van der Waals surface area contributed by atoms with Crippen molar-refractivity contribution >= 4 is 11.4 Å². The highest BCUT2D eigenvalue weighted by Crippen LogP contribution is 2.31. The summed E-state index contributed by atoms with van der Waals surface area (Å²) in [6.45, 7) is 1.73. The molecule has 1 saturated heterocycles. The molecule has 0 unspecified atom stereocenters. The number of piperidine rings is 1. The van der Waals surface area contributed by atoms with Crippen LogP contribution in [0.3, 0.4) is 0 Å². The lowest BCUT2D eigenvalue weighted by Crippen LogP contribution is -2.35. The van der Waals surface area contributed by atoms with E-state index in [0.717, 1.165) is 37.4 Å². The Morgan fingerprint density at radius 2 is 2.06 bits per heavy atom. The summed E-state index contributed by atoms with van der Waals surface area (Å²) in [4.78, 5) is 2.23. The van der Waals surface area contributed by atoms with Gasteiger partial charge in [-0.2, -0.15) is 0 Å². The van der Waals surface area contributed by atoms with Gasteiger partial charge in [0.2, 0.25) is 0 Å². The molecule has 0 amide bonds. The van der Waals surface area contributed by atoms with Crippen molar-refractivity contribution in [2.24, 2.45) is 0 Å². The fraction of sp³-hybridized carbons (Fsp3) is 0.500. The van der Waals surface area contributed by atoms with E-state index < -0.39 is 0 Å². The lowest BCUT2D eigenvalue weighted by atomic mass is 10.1. The number of nitrogen functional groups attached to an aromatic ring is 1. The minimum atomic E-state index is -0.156. The van der Waals surface area contributed by atoms with Crippen LogP contribution in [0.5, 0.6) is 5.75 Å². The van der Waals surface area contributed by atoms with Gasteiger partial charge in [-0.25, -0.2) is 0 Å². The number of hydrogen-bond acceptors (Lipinski definition) is 4. The first-order chi connectivity index (χ1) is 7.70. The molecule has 1 aromatic carbocycles. The van der Waals surface area contributed by atoms with Crippen LogP contribution in [0.25, 0.3) is 0 Å². The fourth-order valence-corrected chi connectivity index (χ4v) is 2.06. The number of benzene rings is 1. The van der Waals surface area contributed by atoms with Crippen molar-refractivity contribution in [3.8, 4) is 5.75 Å². The highest BCUT2D eigenvalue weighted by Gasteiger charge is 2.19. The lowest BCUT2D eigenvalue weighted by molar-refractivity contribution is 0.145. The standard InChI is InChI=1S/C12H18N2O2/c1-16-12-8-9(13)2-3-11(12)14-6-4-10(15)5-7-14/h2-3,8,10,15H,4-7,13H2,1H3. The van der Waals surface area contributed by atoms with Crippen LogP contribution >= 0.6 is 0 Å². The van der Waals surface area contributed by atoms with E-state index in [0.29, 0.717) is 5.69 Å². The summed E-state index contributed by atoms with van der Waals surface area (Å²) in [6, 6.07) is 5.69. The van der Waals surface area contributed by atoms with Gasteiger partial charge in [-0.3, -0.25) is 0 Å². The molecule has 4 nitrogen and oxygen atoms in total. The third kappa shape index (κ3) is 2.22. The molecular weight excluding hydrogens is 204 g/mol. The molecule has 3 N–H and O–H groups in total. The summed E-state index contributed by atoms with van der Waals surface area (Å²) in [5.74, 6) is 0.802. The summed E-state index contributed by atoms with van der Waals surface area (Å²) < 4.78 is 5.32. The van der Waals surface area contributed by atoms with Crippen molar-refractivity contribution in [3.63, 3.8) is 0 Å². The molecule has 4 heteroatoms. The van der Waals surface area contributed by atoms with Gasteiger partial charge in [0, 0.05) is 24.8 Å². The molecule has 2 rings (SSSR count). The van der Waals surface area contributed by atoms with E-state index in [2.05, 4.69) is 4.90 Å². The molecule has 1 aromatic rings. The molecule has 0 radical (unpaired) electrons. The zero-order valence-corrected chi connectivity index (χ0v) is 9.52. The average molecular weight is 222 g/mol. The number of aliphatic hydroxyl groups excluding tert-OH is 1. The number of methoxy groups -OCH3 is 1. The second kappa shape index (κ2) is 4.61. The molecule has 1 fully saturated rings. The first kappa shape index (κ1) is 11.1. The maximum Gasteiger partial charge on any atom is 0.144 e. The molecule has 0 atom stereocenters. The average Bonchev–Trinajstić information content (AvgIpc) is 2.30. The zero-order valence-electron chi connectivity index (χ0n) is 9.52. The lowest BCUT2D eigenvalue weighted by Gasteiger charge is -2.32. The quantitative estimate of drug-likeness (QED) is 0.739. The molecule has 1 aliphatic heterocycles. The Morgan fingerprint density at radius 3 is 2.69 bits per heavy atom. The molecule has 16 heavy (non-hydrogen) atoms. The van der Waals surface area contributed by atoms with Crippen LogP contribution in [0.4, 0.5) is 11.4 Å². The van der Waals surface area contributed by atoms with Gasteiger partial charge >= 0.3 is 0 Å². The Kier molecular flexibility index (Phi) is 3.19. The Bertz CT molecular complexity index is 360. The summed E-state index contributed by atoms with van der Waals surface area (Å²) in [5, 5.41) is 9.47. The number of hydrogen-bond donors (Lipinski definition) is 2. The monoisotopic (exact) mass is 222 g/mol. The van der Waals surface area contributed by atoms with Gasteiger partial charge in [0.05, 0.1) is 18.9 Å². The molecule has 0 spiro atoms. The number of anilines is 2. The zero-order chi connectivity index (χ0) is 11.5. The summed E-state index contributed by atoms with van der Waals surface area (Å²) in [6.07, 6.45) is 1.47. The topological polar surface area (TPSA) is 58.7 Å². The fourth-order valence-electron chi connectivity index (χ4n) is 2.06. The van der Waals surface area contributed by atoms with Crippen LogP contribution in [0.1, 0.15) is 12.8 Å². The molecule has 88 valence electrons. The number of nitrogens with two attached hydrogens (primary N) is 1. The van der Waals surface area contributed by atoms with Gasteiger partial charge in [-0.15, -0.1) is 0 Å². The predicted octanol–water partition coefficient (Wildman–Crippen LogP) is 1.24. The van der Waals surface area contributed by atoms with Gasteiger partial charge in [0.15, 0.2) is 0 Å². The van der Waals surface area contributed by atoms with E-state index in [9.17, 15) is 5.11 Å². The van der Waals surface area contributed by atoms with Gasteiger partial charge in [0.25, 0.3) is 0 Å². The number of ether oxygens (including phenoxy) is 1. The van der Waals surface area contributed by atoms with Crippen LogP contribution in [0.2, 0.25) is 0 Å². The van der Waals surface area contributed by atoms with E-state index in [1.54, 1.807) is 7.11 Å². The van der Waals surface area contributed by atoms with Crippen molar-refractivity contribution in [2.45, 2.75) is 18.9 Å². The highest BCUT2D eigenvalue weighted by atomic mass is 16.5. The minimum Gasteiger partial charge on any atom is -0.495 e. The maximum atomic E-state index is 9.47. The van der Waals surface area contributed by atoms with Crippen molar-refractivity contribution in [1.82, 2.24) is 0 Å². The van der Waals surface area contributed by atoms with Crippen LogP contribution in [0, 0.1) is 0 Å². The van der Waals surface area contributed by atoms with E-state index in [1.807, 2.05) is 18.2 Å². The van der Waals surface area contributed by atoms with Crippen molar-refractivity contribution < 1.29 is 9.84 Å². The van der Waals surface area contributed by atoms with Gasteiger partial charge < -0.3 is 20.5 Å². The molecule has 0 aliphatic carbocycles. The summed E-state index contributed by atoms with van der Waals surface area (Å²) in [7, 11) is 1.65. The molecule has 1 aliphatic rings. The van der Waals surface area contributed by atoms with Crippen LogP contribution in [-0.2, 0) is 0 Å². The summed E-state index contributed by atoms with van der Waals surface area (Å²) in [5.41, 5.74) is 7.48. The van der Waals surface area contributed by atoms with Gasteiger partial charge in [-0.05, 0) is 25.0 Å². The minimum absolute atomic E-state index is 0.156. The van der Waals surface area contributed by atoms with Crippen LogP contribution < -0.4 is 15.4 Å². The predicted molar refractivity (Wildman–Crippen MR) is 64.9 cm³/mol. The number of nitrogens with zero attached hydrogens (tertiary/aromatic N) is 1. The van der Waals surface area contributed by atoms with Crippen LogP contribution in [0.15, 0.2) is 18.2 Å². The largest absolute Gasteiger partial charge is 0.495 e. The van der Waals surface area contributed by atoms with Gasteiger partial charge in [-0.1, -0.05) is 0 Å². The Hall–Kier alpha value is -1.42. The Labute approximate surface area is 95.6 Å². The van der Waals surface area contributed by atoms with E-state index in [-0.39, 0.29) is 6.10 Å².